The summed E-state index contributed by atoms with van der Waals surface area (Å²) >= 11 is 2.15. The molecule has 0 radical (unpaired) electrons. The molecule has 0 fully saturated rings. The molecular formula is C14H11IO3. The van der Waals surface area contributed by atoms with E-state index >= 15 is 0 Å². The first-order valence-corrected chi connectivity index (χ1v) is 6.42. The lowest BCUT2D eigenvalue weighted by atomic mass is 10.1. The molecule has 0 saturated carbocycles. The second-order valence-electron chi connectivity index (χ2n) is 3.84. The Hall–Kier alpha value is -1.56. The van der Waals surface area contributed by atoms with Crippen molar-refractivity contribution in [3.05, 3.63) is 57.2 Å². The molecule has 2 aromatic carbocycles. The summed E-state index contributed by atoms with van der Waals surface area (Å²) in [7, 11) is 0. The number of carboxylic acids is 1. The van der Waals surface area contributed by atoms with Crippen LogP contribution in [0.15, 0.2) is 42.5 Å². The molecule has 18 heavy (non-hydrogen) atoms. The molecule has 0 unspecified atom stereocenters. The van der Waals surface area contributed by atoms with Crippen LogP contribution in [0.4, 0.5) is 0 Å². The average Bonchev–Trinajstić information content (AvgIpc) is 2.34. The molecule has 0 bridgehead atoms. The van der Waals surface area contributed by atoms with Crippen LogP contribution in [0, 0.1) is 10.5 Å². The van der Waals surface area contributed by atoms with Gasteiger partial charge in [0.15, 0.2) is 0 Å². The zero-order valence-electron chi connectivity index (χ0n) is 9.68. The van der Waals surface area contributed by atoms with Crippen LogP contribution in [0.25, 0.3) is 0 Å². The molecule has 3 nitrogen and oxygen atoms in total. The van der Waals surface area contributed by atoms with E-state index in [1.165, 1.54) is 0 Å². The number of carbonyl (C=O) groups is 1. The summed E-state index contributed by atoms with van der Waals surface area (Å²) in [6, 6.07) is 12.6. The van der Waals surface area contributed by atoms with Gasteiger partial charge in [0.25, 0.3) is 0 Å². The van der Waals surface area contributed by atoms with E-state index in [4.69, 9.17) is 9.84 Å². The maximum Gasteiger partial charge on any atom is 0.339 e. The number of benzene rings is 2. The van der Waals surface area contributed by atoms with Crippen LogP contribution < -0.4 is 4.74 Å². The van der Waals surface area contributed by atoms with Crippen molar-refractivity contribution >= 4 is 28.6 Å². The molecule has 2 rings (SSSR count). The molecule has 0 aromatic heterocycles. The monoisotopic (exact) mass is 354 g/mol. The summed E-state index contributed by atoms with van der Waals surface area (Å²) in [5.74, 6) is 0.0290. The molecule has 2 aromatic rings. The molecule has 0 aliphatic heterocycles. The Kier molecular flexibility index (Phi) is 3.86. The van der Waals surface area contributed by atoms with Crippen LogP contribution in [0.2, 0.25) is 0 Å². The summed E-state index contributed by atoms with van der Waals surface area (Å²) in [6.07, 6.45) is 0. The van der Waals surface area contributed by atoms with Gasteiger partial charge in [-0.3, -0.25) is 0 Å². The lowest BCUT2D eigenvalue weighted by Gasteiger charge is -2.10. The second kappa shape index (κ2) is 5.39. The number of para-hydroxylation sites is 1. The SMILES string of the molecule is Cc1ccc(Oc2ccccc2I)c(C(=O)O)c1. The predicted molar refractivity (Wildman–Crippen MR) is 77.4 cm³/mol. The van der Waals surface area contributed by atoms with E-state index in [1.54, 1.807) is 12.1 Å². The van der Waals surface area contributed by atoms with Crippen molar-refractivity contribution < 1.29 is 14.6 Å². The summed E-state index contributed by atoms with van der Waals surface area (Å²) < 4.78 is 6.61. The van der Waals surface area contributed by atoms with E-state index in [2.05, 4.69) is 22.6 Å². The van der Waals surface area contributed by atoms with E-state index in [1.807, 2.05) is 37.3 Å². The van der Waals surface area contributed by atoms with E-state index in [9.17, 15) is 4.79 Å². The molecule has 0 heterocycles. The largest absolute Gasteiger partial charge is 0.478 e. The number of aromatic carboxylic acids is 1. The van der Waals surface area contributed by atoms with Crippen molar-refractivity contribution in [1.82, 2.24) is 0 Å². The second-order valence-corrected chi connectivity index (χ2v) is 5.00. The summed E-state index contributed by atoms with van der Waals surface area (Å²) in [4.78, 5) is 11.2. The highest BCUT2D eigenvalue weighted by molar-refractivity contribution is 14.1. The van der Waals surface area contributed by atoms with Gasteiger partial charge in [0.1, 0.15) is 17.1 Å². The number of halogens is 1. The highest BCUT2D eigenvalue weighted by Crippen LogP contribution is 2.29. The molecular weight excluding hydrogens is 343 g/mol. The fraction of sp³-hybridized carbons (Fsp3) is 0.0714. The zero-order chi connectivity index (χ0) is 13.1. The van der Waals surface area contributed by atoms with Gasteiger partial charge in [-0.25, -0.2) is 4.79 Å². The van der Waals surface area contributed by atoms with Crippen LogP contribution in [0.5, 0.6) is 11.5 Å². The van der Waals surface area contributed by atoms with Gasteiger partial charge in [-0.15, -0.1) is 0 Å². The lowest BCUT2D eigenvalue weighted by molar-refractivity contribution is 0.0694. The normalized spacial score (nSPS) is 10.1. The lowest BCUT2D eigenvalue weighted by Crippen LogP contribution is -2.01. The number of ether oxygens (including phenoxy) is 1. The van der Waals surface area contributed by atoms with Crippen LogP contribution in [0.3, 0.4) is 0 Å². The molecule has 0 spiro atoms. The van der Waals surface area contributed by atoms with Gasteiger partial charge in [-0.1, -0.05) is 23.8 Å². The van der Waals surface area contributed by atoms with E-state index in [0.29, 0.717) is 11.5 Å². The first kappa shape index (κ1) is 12.9. The Bertz CT molecular complexity index is 593. The Morgan fingerprint density at radius 3 is 2.56 bits per heavy atom. The Morgan fingerprint density at radius 2 is 1.89 bits per heavy atom. The highest BCUT2D eigenvalue weighted by atomic mass is 127. The summed E-state index contributed by atoms with van der Waals surface area (Å²) in [6.45, 7) is 1.85. The molecule has 4 heteroatoms. The number of aryl methyl sites for hydroxylation is 1. The molecule has 0 aliphatic rings. The minimum Gasteiger partial charge on any atom is -0.478 e. The van der Waals surface area contributed by atoms with Crippen molar-refractivity contribution in [2.75, 3.05) is 0 Å². The molecule has 0 amide bonds. The van der Waals surface area contributed by atoms with Crippen molar-refractivity contribution in [2.45, 2.75) is 6.92 Å². The number of rotatable bonds is 3. The molecule has 1 N–H and O–H groups in total. The standard InChI is InChI=1S/C14H11IO3/c1-9-6-7-12(10(8-9)14(16)17)18-13-5-3-2-4-11(13)15/h2-8H,1H3,(H,16,17). The van der Waals surface area contributed by atoms with E-state index < -0.39 is 5.97 Å². The van der Waals surface area contributed by atoms with Crippen molar-refractivity contribution in [1.29, 1.82) is 0 Å². The van der Waals surface area contributed by atoms with Crippen LogP contribution in [-0.2, 0) is 0 Å². The molecule has 0 atom stereocenters. The fourth-order valence-corrected chi connectivity index (χ4v) is 2.04. The van der Waals surface area contributed by atoms with Gasteiger partial charge < -0.3 is 9.84 Å². The number of hydrogen-bond donors (Lipinski definition) is 1. The van der Waals surface area contributed by atoms with Gasteiger partial charge in [0.2, 0.25) is 0 Å². The fourth-order valence-electron chi connectivity index (χ4n) is 1.55. The van der Waals surface area contributed by atoms with Gasteiger partial charge in [0, 0.05) is 0 Å². The Balaban J connectivity index is 2.41. The van der Waals surface area contributed by atoms with Crippen LogP contribution in [-0.4, -0.2) is 11.1 Å². The van der Waals surface area contributed by atoms with Crippen molar-refractivity contribution in [3.63, 3.8) is 0 Å². The topological polar surface area (TPSA) is 46.5 Å². The Labute approximate surface area is 119 Å². The third kappa shape index (κ3) is 2.81. The van der Waals surface area contributed by atoms with E-state index in [0.717, 1.165) is 9.13 Å². The minimum absolute atomic E-state index is 0.176. The zero-order valence-corrected chi connectivity index (χ0v) is 11.8. The Morgan fingerprint density at radius 1 is 1.17 bits per heavy atom. The average molecular weight is 354 g/mol. The molecule has 0 saturated heterocycles. The maximum atomic E-state index is 11.2. The van der Waals surface area contributed by atoms with Gasteiger partial charge in [-0.05, 0) is 53.8 Å². The molecule has 92 valence electrons. The number of carboxylic acid groups (broad SMARTS) is 1. The third-order valence-electron chi connectivity index (χ3n) is 2.42. The van der Waals surface area contributed by atoms with Gasteiger partial charge >= 0.3 is 5.97 Å². The van der Waals surface area contributed by atoms with Crippen LogP contribution >= 0.6 is 22.6 Å². The first-order chi connectivity index (χ1) is 8.58. The van der Waals surface area contributed by atoms with Crippen molar-refractivity contribution in [2.24, 2.45) is 0 Å². The van der Waals surface area contributed by atoms with Crippen LogP contribution in [0.1, 0.15) is 15.9 Å². The van der Waals surface area contributed by atoms with Gasteiger partial charge in [0.05, 0.1) is 3.57 Å². The summed E-state index contributed by atoms with van der Waals surface area (Å²) in [5, 5.41) is 9.16. The molecule has 0 aliphatic carbocycles. The van der Waals surface area contributed by atoms with E-state index in [-0.39, 0.29) is 5.56 Å². The first-order valence-electron chi connectivity index (χ1n) is 5.34. The van der Waals surface area contributed by atoms with Crippen molar-refractivity contribution in [3.8, 4) is 11.5 Å². The summed E-state index contributed by atoms with van der Waals surface area (Å²) in [5.41, 5.74) is 1.07. The highest BCUT2D eigenvalue weighted by Gasteiger charge is 2.13. The minimum atomic E-state index is -0.986. The number of hydrogen-bond acceptors (Lipinski definition) is 2. The smallest absolute Gasteiger partial charge is 0.339 e. The predicted octanol–water partition coefficient (Wildman–Crippen LogP) is 4.09. The quantitative estimate of drug-likeness (QED) is 0.845. The third-order valence-corrected chi connectivity index (χ3v) is 3.31. The maximum absolute atomic E-state index is 11.2. The van der Waals surface area contributed by atoms with Gasteiger partial charge in [-0.2, -0.15) is 0 Å².